The number of rotatable bonds is 7. The second-order valence-corrected chi connectivity index (χ2v) is 11.8. The van der Waals surface area contributed by atoms with Crippen LogP contribution >= 0.6 is 0 Å². The number of anilines is 2. The molecule has 9 heteroatoms. The first kappa shape index (κ1) is 25.1. The Morgan fingerprint density at radius 2 is 1.84 bits per heavy atom. The predicted octanol–water partition coefficient (Wildman–Crippen LogP) is 4.72. The Balaban J connectivity index is 1.51. The number of fused-ring (bicyclic) bond motifs is 1. The largest absolute Gasteiger partial charge is 0.340 e. The third-order valence-electron chi connectivity index (χ3n) is 6.96. The fourth-order valence-electron chi connectivity index (χ4n) is 4.89. The third-order valence-corrected chi connectivity index (χ3v) is 8.85. The second kappa shape index (κ2) is 10.4. The van der Waals surface area contributed by atoms with Gasteiger partial charge in [-0.25, -0.2) is 13.4 Å². The molecule has 0 spiro atoms. The van der Waals surface area contributed by atoms with Gasteiger partial charge in [0.25, 0.3) is 5.56 Å². The molecule has 5 rings (SSSR count). The zero-order valence-corrected chi connectivity index (χ0v) is 21.9. The number of likely N-dealkylation sites (tertiary alicyclic amines) is 1. The highest BCUT2D eigenvalue weighted by molar-refractivity contribution is 7.91. The summed E-state index contributed by atoms with van der Waals surface area (Å²) in [5.41, 5.74) is 2.99. The molecule has 0 unspecified atom stereocenters. The van der Waals surface area contributed by atoms with E-state index in [1.807, 2.05) is 19.1 Å². The number of sulfone groups is 1. The van der Waals surface area contributed by atoms with Crippen molar-refractivity contribution in [2.45, 2.75) is 37.0 Å². The molecule has 1 aliphatic rings. The molecule has 4 heterocycles. The molecule has 3 aromatic heterocycles. The van der Waals surface area contributed by atoms with Gasteiger partial charge >= 0.3 is 0 Å². The van der Waals surface area contributed by atoms with Crippen LogP contribution in [0.4, 0.5) is 11.5 Å². The van der Waals surface area contributed by atoms with Crippen LogP contribution in [-0.4, -0.2) is 54.2 Å². The molecule has 2 N–H and O–H groups in total. The number of piperidine rings is 1. The number of benzene rings is 1. The maximum absolute atomic E-state index is 12.8. The summed E-state index contributed by atoms with van der Waals surface area (Å²) in [6, 6.07) is 13.5. The second-order valence-electron chi connectivity index (χ2n) is 9.68. The van der Waals surface area contributed by atoms with Crippen LogP contribution in [0, 0.1) is 0 Å². The number of aromatic nitrogens is 3. The quantitative estimate of drug-likeness (QED) is 0.365. The first-order valence-electron chi connectivity index (χ1n) is 12.6. The van der Waals surface area contributed by atoms with Gasteiger partial charge in [-0.15, -0.1) is 0 Å². The van der Waals surface area contributed by atoms with Crippen molar-refractivity contribution in [3.05, 3.63) is 77.0 Å². The summed E-state index contributed by atoms with van der Waals surface area (Å²) in [7, 11) is -1.27. The van der Waals surface area contributed by atoms with Crippen LogP contribution in [0.25, 0.3) is 22.0 Å². The van der Waals surface area contributed by atoms with Crippen molar-refractivity contribution in [2.24, 2.45) is 0 Å². The number of hydrogen-bond acceptors (Lipinski definition) is 7. The van der Waals surface area contributed by atoms with E-state index in [1.54, 1.807) is 30.6 Å². The monoisotopic (exact) mass is 517 g/mol. The van der Waals surface area contributed by atoms with Gasteiger partial charge in [0.05, 0.1) is 21.7 Å². The standard InChI is InChI=1S/C28H31N5O3S/c1-3-14-37(35,36)24-15-22(17-29-18-24)25-16-21-8-11-30-28(34)26(21)27(32-25)31-23-6-4-19(5-7-23)20-9-12-33(2)13-10-20/h4-8,11,15-18,20H,3,9-10,12-14H2,1-2H3,(H,30,34)(H,31,32). The van der Waals surface area contributed by atoms with E-state index in [0.29, 0.717) is 40.2 Å². The van der Waals surface area contributed by atoms with E-state index < -0.39 is 9.84 Å². The lowest BCUT2D eigenvalue weighted by molar-refractivity contribution is 0.255. The lowest BCUT2D eigenvalue weighted by Crippen LogP contribution is -2.29. The van der Waals surface area contributed by atoms with Crippen molar-refractivity contribution >= 4 is 32.1 Å². The highest BCUT2D eigenvalue weighted by Crippen LogP contribution is 2.31. The van der Waals surface area contributed by atoms with Gasteiger partial charge in [0, 0.05) is 29.8 Å². The average Bonchev–Trinajstić information content (AvgIpc) is 2.90. The molecule has 0 aliphatic carbocycles. The van der Waals surface area contributed by atoms with Crippen molar-refractivity contribution in [1.82, 2.24) is 19.9 Å². The molecule has 37 heavy (non-hydrogen) atoms. The van der Waals surface area contributed by atoms with E-state index in [-0.39, 0.29) is 16.2 Å². The Morgan fingerprint density at radius 1 is 1.08 bits per heavy atom. The van der Waals surface area contributed by atoms with Crippen molar-refractivity contribution in [2.75, 3.05) is 31.2 Å². The smallest absolute Gasteiger partial charge is 0.259 e. The maximum Gasteiger partial charge on any atom is 0.259 e. The molecule has 1 aromatic carbocycles. The molecule has 4 aromatic rings. The molecule has 1 aliphatic heterocycles. The van der Waals surface area contributed by atoms with Crippen LogP contribution in [0.5, 0.6) is 0 Å². The summed E-state index contributed by atoms with van der Waals surface area (Å²) in [6.07, 6.45) is 7.36. The minimum atomic E-state index is -3.43. The molecule has 1 fully saturated rings. The Kier molecular flexibility index (Phi) is 7.08. The summed E-state index contributed by atoms with van der Waals surface area (Å²) in [6.45, 7) is 4.04. The highest BCUT2D eigenvalue weighted by Gasteiger charge is 2.19. The molecular formula is C28H31N5O3S. The van der Waals surface area contributed by atoms with Gasteiger partial charge in [0.15, 0.2) is 9.84 Å². The van der Waals surface area contributed by atoms with Crippen LogP contribution in [0.15, 0.2) is 70.7 Å². The number of nitrogens with zero attached hydrogens (tertiary/aromatic N) is 3. The summed E-state index contributed by atoms with van der Waals surface area (Å²) in [5.74, 6) is 1.02. The topological polar surface area (TPSA) is 108 Å². The average molecular weight is 518 g/mol. The Labute approximate surface area is 216 Å². The fourth-order valence-corrected chi connectivity index (χ4v) is 6.19. The molecule has 0 saturated carbocycles. The summed E-state index contributed by atoms with van der Waals surface area (Å²) >= 11 is 0. The first-order chi connectivity index (χ1) is 17.8. The zero-order chi connectivity index (χ0) is 26.0. The van der Waals surface area contributed by atoms with Crippen LogP contribution in [0.1, 0.15) is 37.7 Å². The first-order valence-corrected chi connectivity index (χ1v) is 14.3. The number of hydrogen-bond donors (Lipinski definition) is 2. The van der Waals surface area contributed by atoms with E-state index in [9.17, 15) is 13.2 Å². The van der Waals surface area contributed by atoms with E-state index in [2.05, 4.69) is 39.4 Å². The zero-order valence-electron chi connectivity index (χ0n) is 21.1. The van der Waals surface area contributed by atoms with E-state index in [1.165, 1.54) is 11.8 Å². The third kappa shape index (κ3) is 5.42. The number of H-pyrrole nitrogens is 1. The minimum absolute atomic E-state index is 0.0546. The van der Waals surface area contributed by atoms with Crippen molar-refractivity contribution in [3.63, 3.8) is 0 Å². The van der Waals surface area contributed by atoms with Crippen LogP contribution in [-0.2, 0) is 9.84 Å². The summed E-state index contributed by atoms with van der Waals surface area (Å²) < 4.78 is 25.2. The molecular weight excluding hydrogens is 486 g/mol. The van der Waals surface area contributed by atoms with Gasteiger partial charge in [-0.3, -0.25) is 9.78 Å². The Bertz CT molecular complexity index is 1570. The lowest BCUT2D eigenvalue weighted by atomic mass is 9.89. The normalized spacial score (nSPS) is 15.2. The summed E-state index contributed by atoms with van der Waals surface area (Å²) in [5, 5.41) is 4.46. The molecule has 1 saturated heterocycles. The van der Waals surface area contributed by atoms with E-state index in [0.717, 1.165) is 31.6 Å². The van der Waals surface area contributed by atoms with E-state index in [4.69, 9.17) is 4.98 Å². The predicted molar refractivity (Wildman–Crippen MR) is 147 cm³/mol. The van der Waals surface area contributed by atoms with Crippen LogP contribution in [0.3, 0.4) is 0 Å². The molecule has 0 radical (unpaired) electrons. The Morgan fingerprint density at radius 3 is 2.57 bits per heavy atom. The Hall–Kier alpha value is -3.56. The van der Waals surface area contributed by atoms with E-state index >= 15 is 0 Å². The van der Waals surface area contributed by atoms with Crippen LogP contribution in [0.2, 0.25) is 0 Å². The van der Waals surface area contributed by atoms with Gasteiger partial charge in [-0.1, -0.05) is 19.1 Å². The van der Waals surface area contributed by atoms with Gasteiger partial charge in [-0.2, -0.15) is 0 Å². The van der Waals surface area contributed by atoms with Crippen LogP contribution < -0.4 is 10.9 Å². The van der Waals surface area contributed by atoms with Gasteiger partial charge < -0.3 is 15.2 Å². The molecule has 0 atom stereocenters. The SMILES string of the molecule is CCCS(=O)(=O)c1cncc(-c2cc3cc[nH]c(=O)c3c(Nc3ccc(C4CCN(C)CC4)cc3)n2)c1. The minimum Gasteiger partial charge on any atom is -0.340 e. The summed E-state index contributed by atoms with van der Waals surface area (Å²) in [4.78, 5) is 26.9. The number of nitrogens with one attached hydrogen (secondary N) is 2. The maximum atomic E-state index is 12.8. The molecule has 0 amide bonds. The number of aromatic amines is 1. The lowest BCUT2D eigenvalue weighted by Gasteiger charge is -2.29. The van der Waals surface area contributed by atoms with Gasteiger partial charge in [0.1, 0.15) is 5.82 Å². The number of pyridine rings is 3. The molecule has 0 bridgehead atoms. The van der Waals surface area contributed by atoms with Crippen molar-refractivity contribution in [1.29, 1.82) is 0 Å². The van der Waals surface area contributed by atoms with Gasteiger partial charge in [0.2, 0.25) is 0 Å². The molecule has 8 nitrogen and oxygen atoms in total. The highest BCUT2D eigenvalue weighted by atomic mass is 32.2. The van der Waals surface area contributed by atoms with Crippen molar-refractivity contribution < 1.29 is 8.42 Å². The van der Waals surface area contributed by atoms with Crippen molar-refractivity contribution in [3.8, 4) is 11.3 Å². The van der Waals surface area contributed by atoms with Gasteiger partial charge in [-0.05, 0) is 86.6 Å². The fraction of sp³-hybridized carbons (Fsp3) is 0.321. The molecule has 192 valence electrons.